The minimum absolute atomic E-state index is 0.293. The van der Waals surface area contributed by atoms with Crippen molar-refractivity contribution in [1.82, 2.24) is 4.90 Å². The number of carboxylic acid groups (broad SMARTS) is 1. The maximum absolute atomic E-state index is 11.8. The molecule has 5 nitrogen and oxygen atoms in total. The minimum Gasteiger partial charge on any atom is -0.497 e. The first-order chi connectivity index (χ1) is 8.61. The Kier molecular flexibility index (Phi) is 3.50. The van der Waals surface area contributed by atoms with Gasteiger partial charge in [0.15, 0.2) is 0 Å². The van der Waals surface area contributed by atoms with Gasteiger partial charge in [-0.3, -0.25) is 9.59 Å². The van der Waals surface area contributed by atoms with Gasteiger partial charge in [0.05, 0.1) is 7.11 Å². The lowest BCUT2D eigenvalue weighted by Crippen LogP contribution is -2.29. The summed E-state index contributed by atoms with van der Waals surface area (Å²) in [5.74, 6) is -1.44. The second-order valence-electron chi connectivity index (χ2n) is 4.29. The van der Waals surface area contributed by atoms with Crippen LogP contribution in [-0.4, -0.2) is 35.5 Å². The van der Waals surface area contributed by atoms with E-state index in [9.17, 15) is 9.59 Å². The maximum Gasteiger partial charge on any atom is 0.316 e. The number of hydrogen-bond acceptors (Lipinski definition) is 3. The summed E-state index contributed by atoms with van der Waals surface area (Å²) in [6.45, 7) is 0.953. The van der Waals surface area contributed by atoms with E-state index < -0.39 is 11.9 Å². The van der Waals surface area contributed by atoms with Gasteiger partial charge in [-0.1, -0.05) is 12.1 Å². The Morgan fingerprint density at radius 3 is 2.61 bits per heavy atom. The first-order valence-corrected chi connectivity index (χ1v) is 5.76. The number of ether oxygens (including phenoxy) is 1. The number of likely N-dealkylation sites (tertiary alicyclic amines) is 1. The molecule has 1 heterocycles. The third kappa shape index (κ3) is 2.45. The molecule has 1 N–H and O–H groups in total. The molecule has 2 rings (SSSR count). The van der Waals surface area contributed by atoms with Crippen LogP contribution in [0.1, 0.15) is 12.0 Å². The van der Waals surface area contributed by atoms with E-state index in [1.54, 1.807) is 12.0 Å². The molecule has 1 fully saturated rings. The Balaban J connectivity index is 2.02. The van der Waals surface area contributed by atoms with Crippen LogP contribution in [0.15, 0.2) is 24.3 Å². The van der Waals surface area contributed by atoms with Crippen LogP contribution in [0.2, 0.25) is 0 Å². The van der Waals surface area contributed by atoms with Crippen LogP contribution >= 0.6 is 0 Å². The normalized spacial score (nSPS) is 19.1. The number of methoxy groups -OCH3 is 1. The number of nitrogens with zero attached hydrogens (tertiary/aromatic N) is 1. The van der Waals surface area contributed by atoms with Crippen molar-refractivity contribution in [2.24, 2.45) is 5.92 Å². The zero-order valence-corrected chi connectivity index (χ0v) is 10.1. The second kappa shape index (κ2) is 5.08. The molecule has 0 bridgehead atoms. The van der Waals surface area contributed by atoms with Gasteiger partial charge >= 0.3 is 5.97 Å². The number of rotatable bonds is 4. The van der Waals surface area contributed by atoms with E-state index >= 15 is 0 Å². The highest BCUT2D eigenvalue weighted by molar-refractivity contribution is 5.98. The molecule has 0 radical (unpaired) electrons. The summed E-state index contributed by atoms with van der Waals surface area (Å²) in [5, 5.41) is 8.87. The average molecular weight is 249 g/mol. The number of carbonyl (C=O) groups is 2. The molecule has 0 saturated carbocycles. The lowest BCUT2D eigenvalue weighted by Gasteiger charge is -2.16. The number of carbonyl (C=O) groups excluding carboxylic acids is 1. The van der Waals surface area contributed by atoms with Crippen molar-refractivity contribution in [1.29, 1.82) is 0 Å². The number of carboxylic acids is 1. The van der Waals surface area contributed by atoms with Crippen LogP contribution in [0.5, 0.6) is 5.75 Å². The van der Waals surface area contributed by atoms with Crippen molar-refractivity contribution in [3.05, 3.63) is 29.8 Å². The van der Waals surface area contributed by atoms with Gasteiger partial charge in [-0.25, -0.2) is 0 Å². The highest BCUT2D eigenvalue weighted by atomic mass is 16.5. The first-order valence-electron chi connectivity index (χ1n) is 5.76. The van der Waals surface area contributed by atoms with Gasteiger partial charge in [0.2, 0.25) is 5.91 Å². The molecule has 1 aromatic carbocycles. The Morgan fingerprint density at radius 1 is 1.44 bits per heavy atom. The molecule has 1 aromatic rings. The summed E-state index contributed by atoms with van der Waals surface area (Å²) < 4.78 is 5.05. The highest BCUT2D eigenvalue weighted by Crippen LogP contribution is 2.21. The highest BCUT2D eigenvalue weighted by Gasteiger charge is 2.36. The van der Waals surface area contributed by atoms with Gasteiger partial charge in [-0.15, -0.1) is 0 Å². The smallest absolute Gasteiger partial charge is 0.316 e. The van der Waals surface area contributed by atoms with E-state index in [2.05, 4.69) is 0 Å². The molecule has 18 heavy (non-hydrogen) atoms. The third-order valence-corrected chi connectivity index (χ3v) is 3.13. The van der Waals surface area contributed by atoms with E-state index in [1.165, 1.54) is 0 Å². The fourth-order valence-electron chi connectivity index (χ4n) is 2.08. The van der Waals surface area contributed by atoms with Gasteiger partial charge in [-0.2, -0.15) is 0 Å². The van der Waals surface area contributed by atoms with Crippen LogP contribution in [0.25, 0.3) is 0 Å². The lowest BCUT2D eigenvalue weighted by molar-refractivity contribution is -0.147. The second-order valence-corrected chi connectivity index (χ2v) is 4.29. The van der Waals surface area contributed by atoms with Crippen molar-refractivity contribution >= 4 is 11.9 Å². The molecule has 1 atom stereocenters. The molecule has 96 valence electrons. The van der Waals surface area contributed by atoms with Crippen molar-refractivity contribution in [2.75, 3.05) is 13.7 Å². The molecular weight excluding hydrogens is 234 g/mol. The summed E-state index contributed by atoms with van der Waals surface area (Å²) in [7, 11) is 1.59. The molecule has 0 spiro atoms. The maximum atomic E-state index is 11.8. The lowest BCUT2D eigenvalue weighted by atomic mass is 10.1. The van der Waals surface area contributed by atoms with Crippen LogP contribution in [0.3, 0.4) is 0 Å². The van der Waals surface area contributed by atoms with Gasteiger partial charge in [0.1, 0.15) is 11.7 Å². The number of aliphatic carboxylic acids is 1. The van der Waals surface area contributed by atoms with E-state index in [1.807, 2.05) is 24.3 Å². The number of amides is 1. The summed E-state index contributed by atoms with van der Waals surface area (Å²) in [6.07, 6.45) is 0.393. The van der Waals surface area contributed by atoms with Crippen LogP contribution in [0, 0.1) is 5.92 Å². The van der Waals surface area contributed by atoms with E-state index in [4.69, 9.17) is 9.84 Å². The van der Waals surface area contributed by atoms with Crippen LogP contribution in [-0.2, 0) is 16.1 Å². The molecule has 1 aliphatic heterocycles. The molecular formula is C13H15NO4. The van der Waals surface area contributed by atoms with Crippen molar-refractivity contribution in [2.45, 2.75) is 13.0 Å². The fraction of sp³-hybridized carbons (Fsp3) is 0.385. The number of hydrogen-bond donors (Lipinski definition) is 1. The molecule has 0 aliphatic carbocycles. The van der Waals surface area contributed by atoms with E-state index in [0.717, 1.165) is 11.3 Å². The fourth-order valence-corrected chi connectivity index (χ4v) is 2.08. The monoisotopic (exact) mass is 249 g/mol. The van der Waals surface area contributed by atoms with Crippen LogP contribution < -0.4 is 4.74 Å². The minimum atomic E-state index is -1.03. The summed E-state index contributed by atoms with van der Waals surface area (Å²) in [6, 6.07) is 7.40. The molecule has 1 saturated heterocycles. The zero-order valence-electron chi connectivity index (χ0n) is 10.1. The van der Waals surface area contributed by atoms with E-state index in [0.29, 0.717) is 19.5 Å². The quantitative estimate of drug-likeness (QED) is 0.812. The van der Waals surface area contributed by atoms with Crippen LogP contribution in [0.4, 0.5) is 0 Å². The van der Waals surface area contributed by atoms with Crippen molar-refractivity contribution < 1.29 is 19.4 Å². The zero-order chi connectivity index (χ0) is 13.1. The first kappa shape index (κ1) is 12.4. The summed E-state index contributed by atoms with van der Waals surface area (Å²) in [4.78, 5) is 24.2. The molecule has 1 amide bonds. The van der Waals surface area contributed by atoms with Gasteiger partial charge in [0, 0.05) is 13.1 Å². The third-order valence-electron chi connectivity index (χ3n) is 3.13. The SMILES string of the molecule is COc1ccc(CN2CCC(C(=O)O)C2=O)cc1. The predicted molar refractivity (Wildman–Crippen MR) is 64.2 cm³/mol. The molecule has 1 unspecified atom stereocenters. The molecule has 0 aromatic heterocycles. The Bertz CT molecular complexity index is 455. The summed E-state index contributed by atoms with van der Waals surface area (Å²) in [5.41, 5.74) is 0.968. The van der Waals surface area contributed by atoms with Gasteiger partial charge < -0.3 is 14.7 Å². The number of benzene rings is 1. The Hall–Kier alpha value is -2.04. The molecule has 5 heteroatoms. The van der Waals surface area contributed by atoms with E-state index in [-0.39, 0.29) is 5.91 Å². The van der Waals surface area contributed by atoms with Crippen molar-refractivity contribution in [3.8, 4) is 5.75 Å². The average Bonchev–Trinajstić information content (AvgIpc) is 2.72. The standard InChI is InChI=1S/C13H15NO4/c1-18-10-4-2-9(3-5-10)8-14-7-6-11(12(14)15)13(16)17/h2-5,11H,6-8H2,1H3,(H,16,17). The summed E-state index contributed by atoms with van der Waals surface area (Å²) >= 11 is 0. The van der Waals surface area contributed by atoms with Gasteiger partial charge in [-0.05, 0) is 24.1 Å². The Labute approximate surface area is 105 Å². The largest absolute Gasteiger partial charge is 0.497 e. The predicted octanol–water partition coefficient (Wildman–Crippen LogP) is 1.13. The van der Waals surface area contributed by atoms with Gasteiger partial charge in [0.25, 0.3) is 0 Å². The van der Waals surface area contributed by atoms with Crippen molar-refractivity contribution in [3.63, 3.8) is 0 Å². The topological polar surface area (TPSA) is 66.8 Å². The Morgan fingerprint density at radius 2 is 2.11 bits per heavy atom. The molecule has 1 aliphatic rings.